The van der Waals surface area contributed by atoms with E-state index in [1.807, 2.05) is 26.0 Å². The number of aromatic nitrogens is 1. The number of urea groups is 1. The number of carbonyl (C=O) groups is 2. The second-order valence-corrected chi connectivity index (χ2v) is 9.41. The SMILES string of the molecule is CCCCNC(=O)N[C@H]1CCCC[C@H]1NC(=O)c1csc(COc2cc(C)cc(C)c2)n1. The van der Waals surface area contributed by atoms with Crippen LogP contribution in [0.1, 0.15) is 72.1 Å². The maximum absolute atomic E-state index is 12.8. The Kier molecular flexibility index (Phi) is 8.90. The molecule has 174 valence electrons. The Bertz CT molecular complexity index is 894. The van der Waals surface area contributed by atoms with Gasteiger partial charge >= 0.3 is 6.03 Å². The zero-order valence-electron chi connectivity index (χ0n) is 19.2. The van der Waals surface area contributed by atoms with E-state index in [1.54, 1.807) is 5.38 Å². The standard InChI is InChI=1S/C24H34N4O3S/c1-4-5-10-25-24(30)28-20-9-7-6-8-19(20)27-23(29)21-15-32-22(26-21)14-31-18-12-16(2)11-17(3)13-18/h11-13,15,19-20H,4-10,14H2,1-3H3,(H,27,29)(H2,25,28,30)/t19-,20+/m1/s1. The highest BCUT2D eigenvalue weighted by Crippen LogP contribution is 2.21. The maximum atomic E-state index is 12.8. The van der Waals surface area contributed by atoms with Gasteiger partial charge in [0.15, 0.2) is 0 Å². The fraction of sp³-hybridized carbons (Fsp3) is 0.542. The van der Waals surface area contributed by atoms with Crippen molar-refractivity contribution in [1.29, 1.82) is 0 Å². The molecule has 2 aromatic rings. The van der Waals surface area contributed by atoms with Crippen molar-refractivity contribution in [2.24, 2.45) is 0 Å². The molecule has 0 saturated heterocycles. The lowest BCUT2D eigenvalue weighted by molar-refractivity contribution is 0.0911. The fourth-order valence-electron chi connectivity index (χ4n) is 3.96. The normalized spacial score (nSPS) is 18.1. The minimum Gasteiger partial charge on any atom is -0.486 e. The van der Waals surface area contributed by atoms with Crippen LogP contribution in [0, 0.1) is 13.8 Å². The molecule has 1 heterocycles. The summed E-state index contributed by atoms with van der Waals surface area (Å²) in [6.07, 6.45) is 5.78. The Morgan fingerprint density at radius 2 is 1.78 bits per heavy atom. The van der Waals surface area contributed by atoms with Crippen LogP contribution in [0.5, 0.6) is 5.75 Å². The Labute approximate surface area is 194 Å². The highest BCUT2D eigenvalue weighted by molar-refractivity contribution is 7.09. The first-order valence-electron chi connectivity index (χ1n) is 11.5. The number of rotatable bonds is 9. The molecule has 1 aromatic heterocycles. The molecular formula is C24H34N4O3S. The van der Waals surface area contributed by atoms with Crippen LogP contribution < -0.4 is 20.7 Å². The van der Waals surface area contributed by atoms with Crippen LogP contribution in [0.25, 0.3) is 0 Å². The Balaban J connectivity index is 1.52. The van der Waals surface area contributed by atoms with Gasteiger partial charge in [-0.1, -0.05) is 32.3 Å². The molecule has 1 fully saturated rings. The maximum Gasteiger partial charge on any atom is 0.315 e. The van der Waals surface area contributed by atoms with Crippen LogP contribution in [-0.4, -0.2) is 35.6 Å². The van der Waals surface area contributed by atoms with Gasteiger partial charge in [-0.15, -0.1) is 11.3 Å². The summed E-state index contributed by atoms with van der Waals surface area (Å²) in [5.74, 6) is 0.598. The second kappa shape index (κ2) is 11.9. The van der Waals surface area contributed by atoms with Gasteiger partial charge < -0.3 is 20.7 Å². The van der Waals surface area contributed by atoms with Crippen molar-refractivity contribution in [3.63, 3.8) is 0 Å². The Morgan fingerprint density at radius 1 is 1.09 bits per heavy atom. The third-order valence-electron chi connectivity index (χ3n) is 5.56. The molecule has 0 radical (unpaired) electrons. The van der Waals surface area contributed by atoms with Crippen molar-refractivity contribution in [1.82, 2.24) is 20.9 Å². The predicted octanol–water partition coefficient (Wildman–Crippen LogP) is 4.48. The van der Waals surface area contributed by atoms with Crippen LogP contribution in [0.4, 0.5) is 4.79 Å². The number of unbranched alkanes of at least 4 members (excludes halogenated alkanes) is 1. The lowest BCUT2D eigenvalue weighted by Crippen LogP contribution is -2.55. The summed E-state index contributed by atoms with van der Waals surface area (Å²) in [6.45, 7) is 7.15. The van der Waals surface area contributed by atoms with E-state index in [1.165, 1.54) is 11.3 Å². The topological polar surface area (TPSA) is 92.4 Å². The average molecular weight is 459 g/mol. The molecule has 0 bridgehead atoms. The number of aryl methyl sites for hydroxylation is 2. The molecule has 0 spiro atoms. The number of hydrogen-bond acceptors (Lipinski definition) is 5. The number of amides is 3. The molecule has 0 aliphatic heterocycles. The summed E-state index contributed by atoms with van der Waals surface area (Å²) >= 11 is 1.41. The smallest absolute Gasteiger partial charge is 0.315 e. The van der Waals surface area contributed by atoms with Gasteiger partial charge in [-0.05, 0) is 56.4 Å². The van der Waals surface area contributed by atoms with E-state index < -0.39 is 0 Å². The van der Waals surface area contributed by atoms with E-state index in [-0.39, 0.29) is 24.0 Å². The molecule has 3 N–H and O–H groups in total. The van der Waals surface area contributed by atoms with Gasteiger partial charge in [-0.3, -0.25) is 4.79 Å². The number of carbonyl (C=O) groups excluding carboxylic acids is 2. The van der Waals surface area contributed by atoms with E-state index in [0.717, 1.165) is 60.4 Å². The number of ether oxygens (including phenoxy) is 1. The molecule has 1 saturated carbocycles. The molecule has 8 heteroatoms. The molecule has 3 amide bonds. The van der Waals surface area contributed by atoms with E-state index in [9.17, 15) is 9.59 Å². The van der Waals surface area contributed by atoms with Crippen molar-refractivity contribution in [2.45, 2.75) is 78.0 Å². The van der Waals surface area contributed by atoms with E-state index >= 15 is 0 Å². The van der Waals surface area contributed by atoms with Gasteiger partial charge in [0.25, 0.3) is 5.91 Å². The summed E-state index contributed by atoms with van der Waals surface area (Å²) in [6, 6.07) is 5.75. The zero-order valence-corrected chi connectivity index (χ0v) is 20.0. The quantitative estimate of drug-likeness (QED) is 0.483. The van der Waals surface area contributed by atoms with Gasteiger partial charge in [0, 0.05) is 18.0 Å². The van der Waals surface area contributed by atoms with Gasteiger partial charge in [0.05, 0.1) is 6.04 Å². The van der Waals surface area contributed by atoms with Crippen LogP contribution >= 0.6 is 11.3 Å². The summed E-state index contributed by atoms with van der Waals surface area (Å²) in [4.78, 5) is 29.4. The van der Waals surface area contributed by atoms with Gasteiger partial charge in [0.1, 0.15) is 23.1 Å². The van der Waals surface area contributed by atoms with E-state index in [0.29, 0.717) is 18.8 Å². The van der Waals surface area contributed by atoms with Crippen LogP contribution in [0.15, 0.2) is 23.6 Å². The van der Waals surface area contributed by atoms with Crippen LogP contribution in [-0.2, 0) is 6.61 Å². The van der Waals surface area contributed by atoms with E-state index in [2.05, 4.69) is 33.9 Å². The number of nitrogens with zero attached hydrogens (tertiary/aromatic N) is 1. The molecular weight excluding hydrogens is 424 g/mol. The zero-order chi connectivity index (χ0) is 22.9. The van der Waals surface area contributed by atoms with Crippen molar-refractivity contribution < 1.29 is 14.3 Å². The van der Waals surface area contributed by atoms with Gasteiger partial charge in [0.2, 0.25) is 0 Å². The van der Waals surface area contributed by atoms with Crippen molar-refractivity contribution >= 4 is 23.3 Å². The fourth-order valence-corrected chi connectivity index (χ4v) is 4.65. The number of benzene rings is 1. The third-order valence-corrected chi connectivity index (χ3v) is 6.38. The highest BCUT2D eigenvalue weighted by Gasteiger charge is 2.28. The van der Waals surface area contributed by atoms with Gasteiger partial charge in [-0.2, -0.15) is 0 Å². The second-order valence-electron chi connectivity index (χ2n) is 8.46. The molecule has 3 rings (SSSR count). The van der Waals surface area contributed by atoms with Crippen molar-refractivity contribution in [2.75, 3.05) is 6.54 Å². The van der Waals surface area contributed by atoms with Gasteiger partial charge in [-0.25, -0.2) is 9.78 Å². The number of hydrogen-bond donors (Lipinski definition) is 3. The largest absolute Gasteiger partial charge is 0.486 e. The number of nitrogens with one attached hydrogen (secondary N) is 3. The molecule has 1 aliphatic carbocycles. The van der Waals surface area contributed by atoms with Crippen LogP contribution in [0.3, 0.4) is 0 Å². The molecule has 2 atom stereocenters. The summed E-state index contributed by atoms with van der Waals surface area (Å²) in [7, 11) is 0. The Morgan fingerprint density at radius 3 is 2.47 bits per heavy atom. The molecule has 1 aliphatic rings. The van der Waals surface area contributed by atoms with Crippen molar-refractivity contribution in [3.8, 4) is 5.75 Å². The Hall–Kier alpha value is -2.61. The minimum absolute atomic E-state index is 0.0691. The first-order valence-corrected chi connectivity index (χ1v) is 12.3. The molecule has 1 aromatic carbocycles. The third kappa shape index (κ3) is 7.22. The molecule has 7 nitrogen and oxygen atoms in total. The first kappa shape index (κ1) is 24.0. The first-order chi connectivity index (χ1) is 15.4. The summed E-state index contributed by atoms with van der Waals surface area (Å²) < 4.78 is 5.86. The van der Waals surface area contributed by atoms with Crippen LogP contribution in [0.2, 0.25) is 0 Å². The number of thiazole rings is 1. The monoisotopic (exact) mass is 458 g/mol. The minimum atomic E-state index is -0.205. The highest BCUT2D eigenvalue weighted by atomic mass is 32.1. The lowest BCUT2D eigenvalue weighted by Gasteiger charge is -2.32. The predicted molar refractivity (Wildman–Crippen MR) is 127 cm³/mol. The molecule has 32 heavy (non-hydrogen) atoms. The average Bonchev–Trinajstić information content (AvgIpc) is 3.22. The molecule has 0 unspecified atom stereocenters. The lowest BCUT2D eigenvalue weighted by atomic mass is 9.90. The van der Waals surface area contributed by atoms with Crippen molar-refractivity contribution in [3.05, 3.63) is 45.4 Å². The summed E-state index contributed by atoms with van der Waals surface area (Å²) in [5, 5.41) is 11.5. The summed E-state index contributed by atoms with van der Waals surface area (Å²) in [5.41, 5.74) is 2.69. The van der Waals surface area contributed by atoms with E-state index in [4.69, 9.17) is 4.74 Å².